The van der Waals surface area contributed by atoms with Crippen molar-refractivity contribution in [1.29, 1.82) is 5.41 Å². The number of hydrogen-bond donors (Lipinski definition) is 6. The fraction of sp³-hybridized carbons (Fsp3) is 0.630. The molecule has 6 N–H and O–H groups in total. The first-order valence-electron chi connectivity index (χ1n) is 13.6. The minimum absolute atomic E-state index is 0.115. The quantitative estimate of drug-likeness (QED) is 0.0720. The van der Waals surface area contributed by atoms with Gasteiger partial charge in [0.2, 0.25) is 0 Å². The van der Waals surface area contributed by atoms with Crippen LogP contribution in [0.2, 0.25) is 0 Å². The van der Waals surface area contributed by atoms with Crippen molar-refractivity contribution in [2.75, 3.05) is 13.7 Å². The van der Waals surface area contributed by atoms with Crippen LogP contribution in [-0.4, -0.2) is 135 Å². The molecule has 0 aromatic rings. The maximum absolute atomic E-state index is 13.1. The third-order valence-electron chi connectivity index (χ3n) is 7.56. The fourth-order valence-electron chi connectivity index (χ4n) is 5.26. The number of carboxylic acids is 1. The first kappa shape index (κ1) is 36.0. The molecule has 0 spiro atoms. The number of ether oxygens (including phenoxy) is 6. The Kier molecular flexibility index (Phi) is 11.8. The van der Waals surface area contributed by atoms with Crippen molar-refractivity contribution in [3.05, 3.63) is 23.1 Å². The van der Waals surface area contributed by atoms with Crippen molar-refractivity contribution >= 4 is 46.8 Å². The highest BCUT2D eigenvalue weighted by Crippen LogP contribution is 2.41. The van der Waals surface area contributed by atoms with Gasteiger partial charge in [-0.25, -0.2) is 9.59 Å². The Balaban J connectivity index is 2.15. The van der Waals surface area contributed by atoms with Gasteiger partial charge in [-0.1, -0.05) is 6.08 Å². The molecule has 0 aromatic heterocycles. The van der Waals surface area contributed by atoms with E-state index in [2.05, 4.69) is 17.2 Å². The van der Waals surface area contributed by atoms with E-state index in [0.29, 0.717) is 0 Å². The number of esters is 2. The van der Waals surface area contributed by atoms with Crippen LogP contribution in [-0.2, 0) is 47.6 Å². The predicted molar refractivity (Wildman–Crippen MR) is 150 cm³/mol. The molecule has 248 valence electrons. The number of methoxy groups -OCH3 is 1. The SMILES string of the molecule is C/C=C(\N=C=S)C(=O)O[C@H]1[C@@H](O[C@@H]2C[C@@H](OC)[C@@H](O)[C@@H](C)O2)[C@@H](O)C(C2(O)CC(=O)C(=N)C(C(=O)O)=C2O)O[C@@H]1COC(C)=O. The molecule has 2 unspecified atom stereocenters. The lowest BCUT2D eigenvalue weighted by Crippen LogP contribution is -2.69. The number of aliphatic hydroxyl groups is 4. The zero-order valence-corrected chi connectivity index (χ0v) is 25.4. The number of allylic oxidation sites excluding steroid dienone is 1. The van der Waals surface area contributed by atoms with Gasteiger partial charge >= 0.3 is 17.9 Å². The second-order valence-electron chi connectivity index (χ2n) is 10.4. The summed E-state index contributed by atoms with van der Waals surface area (Å²) in [6, 6.07) is 0. The second-order valence-corrected chi connectivity index (χ2v) is 10.6. The monoisotopic (exact) mass is 658 g/mol. The highest BCUT2D eigenvalue weighted by Gasteiger charge is 2.61. The standard InChI is InChI=1S/C27H34N2O15S/c1-5-12(29-9-45)26(37)44-21-15(8-40-11(3)30)42-24(27(38)7-13(31)18(28)17(23(27)34)25(35)36)20(33)22(21)43-16-6-14(39-4)19(32)10(2)41-16/h5,10,14-16,19-22,24,28,32-34,38H,6-8H2,1-4H3,(H,35,36)/b12-5-,28-18?/t10-,14-,15-,16-,19+,20-,21-,22+,24?,27?/m1/s1. The summed E-state index contributed by atoms with van der Waals surface area (Å²) in [6.45, 7) is 3.31. The van der Waals surface area contributed by atoms with E-state index in [9.17, 15) is 44.7 Å². The van der Waals surface area contributed by atoms with Crippen LogP contribution >= 0.6 is 12.2 Å². The number of thiocarbonyl (C=S) groups is 1. The zero-order chi connectivity index (χ0) is 33.8. The van der Waals surface area contributed by atoms with Crippen molar-refractivity contribution in [3.8, 4) is 0 Å². The van der Waals surface area contributed by atoms with E-state index >= 15 is 0 Å². The van der Waals surface area contributed by atoms with Crippen molar-refractivity contribution in [2.45, 2.75) is 94.3 Å². The third kappa shape index (κ3) is 7.51. The Morgan fingerprint density at radius 3 is 2.44 bits per heavy atom. The number of aliphatic imine (C=N–C) groups is 1. The predicted octanol–water partition coefficient (Wildman–Crippen LogP) is -0.887. The Morgan fingerprint density at radius 2 is 1.89 bits per heavy atom. The highest BCUT2D eigenvalue weighted by molar-refractivity contribution is 7.78. The molecule has 3 rings (SSSR count). The molecule has 2 aliphatic heterocycles. The van der Waals surface area contributed by atoms with Crippen molar-refractivity contribution in [3.63, 3.8) is 0 Å². The van der Waals surface area contributed by atoms with Gasteiger partial charge in [-0.05, 0) is 26.1 Å². The molecule has 10 atom stereocenters. The molecule has 0 saturated carbocycles. The summed E-state index contributed by atoms with van der Waals surface area (Å²) in [4.78, 5) is 52.9. The van der Waals surface area contributed by atoms with E-state index in [1.165, 1.54) is 27.0 Å². The average Bonchev–Trinajstić information content (AvgIpc) is 2.97. The molecule has 18 heteroatoms. The molecule has 0 aromatic carbocycles. The highest BCUT2D eigenvalue weighted by atomic mass is 32.1. The van der Waals surface area contributed by atoms with Gasteiger partial charge in [0, 0.05) is 20.5 Å². The number of aliphatic carboxylic acids is 1. The minimum Gasteiger partial charge on any atom is -0.508 e. The van der Waals surface area contributed by atoms with Crippen LogP contribution in [0.15, 0.2) is 28.1 Å². The van der Waals surface area contributed by atoms with Gasteiger partial charge in [-0.3, -0.25) is 15.0 Å². The molecule has 45 heavy (non-hydrogen) atoms. The lowest BCUT2D eigenvalue weighted by molar-refractivity contribution is -0.325. The Bertz CT molecular complexity index is 1330. The van der Waals surface area contributed by atoms with Crippen LogP contribution in [0.4, 0.5) is 0 Å². The van der Waals surface area contributed by atoms with Crippen LogP contribution in [0.1, 0.15) is 33.6 Å². The third-order valence-corrected chi connectivity index (χ3v) is 7.65. The number of isothiocyanates is 1. The number of nitrogens with one attached hydrogen (secondary N) is 1. The van der Waals surface area contributed by atoms with Crippen molar-refractivity contribution in [1.82, 2.24) is 0 Å². The molecule has 1 aliphatic carbocycles. The molecule has 0 bridgehead atoms. The van der Waals surface area contributed by atoms with Gasteiger partial charge in [0.25, 0.3) is 0 Å². The minimum atomic E-state index is -2.96. The average molecular weight is 659 g/mol. The first-order chi connectivity index (χ1) is 21.1. The van der Waals surface area contributed by atoms with Crippen LogP contribution in [0, 0.1) is 5.41 Å². The summed E-state index contributed by atoms with van der Waals surface area (Å²) in [6.07, 6.45) is -13.3. The fourth-order valence-corrected chi connectivity index (χ4v) is 5.35. The summed E-state index contributed by atoms with van der Waals surface area (Å²) in [7, 11) is 1.33. The summed E-state index contributed by atoms with van der Waals surface area (Å²) in [5.74, 6) is -6.42. The Morgan fingerprint density at radius 1 is 1.22 bits per heavy atom. The van der Waals surface area contributed by atoms with Crippen molar-refractivity contribution < 1.29 is 73.1 Å². The van der Waals surface area contributed by atoms with Crippen LogP contribution in [0.25, 0.3) is 0 Å². The van der Waals surface area contributed by atoms with Gasteiger partial charge in [-0.15, -0.1) is 0 Å². The Hall–Kier alpha value is -3.45. The number of nitrogens with zero attached hydrogens (tertiary/aromatic N) is 1. The maximum atomic E-state index is 13.1. The number of aliphatic hydroxyl groups excluding tert-OH is 3. The lowest BCUT2D eigenvalue weighted by Gasteiger charge is -2.50. The molecule has 0 amide bonds. The number of carboxylic acid groups (broad SMARTS) is 1. The van der Waals surface area contributed by atoms with E-state index in [1.54, 1.807) is 0 Å². The number of carbonyl (C=O) groups excluding carboxylic acids is 3. The van der Waals surface area contributed by atoms with E-state index in [0.717, 1.165) is 6.92 Å². The zero-order valence-electron chi connectivity index (χ0n) is 24.6. The van der Waals surface area contributed by atoms with Gasteiger partial charge in [0.1, 0.15) is 54.2 Å². The van der Waals surface area contributed by atoms with Gasteiger partial charge in [0.05, 0.1) is 23.8 Å². The smallest absolute Gasteiger partial charge is 0.357 e. The van der Waals surface area contributed by atoms with E-state index in [1.807, 2.05) is 5.16 Å². The van der Waals surface area contributed by atoms with Crippen LogP contribution in [0.3, 0.4) is 0 Å². The summed E-state index contributed by atoms with van der Waals surface area (Å²) in [5.41, 5.74) is -5.61. The number of Topliss-reactive ketones (excluding diaryl/α,β-unsaturated/α-hetero) is 1. The molecule has 2 heterocycles. The van der Waals surface area contributed by atoms with E-state index < -0.39 is 114 Å². The van der Waals surface area contributed by atoms with Gasteiger partial charge < -0.3 is 54.0 Å². The molecular formula is C27H34N2O15S. The summed E-state index contributed by atoms with van der Waals surface area (Å²) in [5, 5.41) is 63.9. The molecule has 2 saturated heterocycles. The second kappa shape index (κ2) is 14.8. The van der Waals surface area contributed by atoms with Crippen LogP contribution in [0.5, 0.6) is 0 Å². The lowest BCUT2D eigenvalue weighted by atomic mass is 9.74. The van der Waals surface area contributed by atoms with E-state index in [-0.39, 0.29) is 12.1 Å². The van der Waals surface area contributed by atoms with Gasteiger partial charge in [-0.2, -0.15) is 4.99 Å². The molecule has 0 radical (unpaired) electrons. The van der Waals surface area contributed by atoms with E-state index in [4.69, 9.17) is 33.8 Å². The molecular weight excluding hydrogens is 624 g/mol. The first-order valence-corrected chi connectivity index (χ1v) is 14.0. The van der Waals surface area contributed by atoms with Crippen LogP contribution < -0.4 is 0 Å². The van der Waals surface area contributed by atoms with Gasteiger partial charge in [0.15, 0.2) is 29.5 Å². The Labute approximate surface area is 261 Å². The molecule has 2 fully saturated rings. The number of rotatable bonds is 10. The maximum Gasteiger partial charge on any atom is 0.357 e. The number of ketones is 1. The molecule has 17 nitrogen and oxygen atoms in total. The largest absolute Gasteiger partial charge is 0.508 e. The summed E-state index contributed by atoms with van der Waals surface area (Å²) >= 11 is 4.56. The number of carbonyl (C=O) groups is 4. The summed E-state index contributed by atoms with van der Waals surface area (Å²) < 4.78 is 33.5. The molecule has 3 aliphatic rings. The normalized spacial score (nSPS) is 35.8. The topological polar surface area (TPSA) is 261 Å². The number of hydrogen-bond acceptors (Lipinski definition) is 17. The van der Waals surface area contributed by atoms with Crippen molar-refractivity contribution in [2.24, 2.45) is 4.99 Å².